The molecule has 6 heteroatoms. The van der Waals surface area contributed by atoms with Crippen molar-refractivity contribution in [3.8, 4) is 5.88 Å². The highest BCUT2D eigenvalue weighted by Crippen LogP contribution is 2.25. The van der Waals surface area contributed by atoms with Crippen molar-refractivity contribution in [2.24, 2.45) is 0 Å². The molecule has 6 nitrogen and oxygen atoms in total. The molecule has 1 aromatic heterocycles. The van der Waals surface area contributed by atoms with Crippen LogP contribution in [0.2, 0.25) is 0 Å². The Labute approximate surface area is 112 Å². The van der Waals surface area contributed by atoms with E-state index in [4.69, 9.17) is 9.84 Å². The summed E-state index contributed by atoms with van der Waals surface area (Å²) in [5, 5.41) is 12.3. The van der Waals surface area contributed by atoms with E-state index >= 15 is 0 Å². The van der Waals surface area contributed by atoms with Crippen molar-refractivity contribution in [3.05, 3.63) is 17.7 Å². The Balaban J connectivity index is 2.27. The number of hydrogen-bond acceptors (Lipinski definition) is 4. The zero-order valence-electron chi connectivity index (χ0n) is 11.4. The van der Waals surface area contributed by atoms with Crippen LogP contribution in [0.5, 0.6) is 5.88 Å². The van der Waals surface area contributed by atoms with Crippen LogP contribution in [0.15, 0.2) is 12.1 Å². The van der Waals surface area contributed by atoms with Gasteiger partial charge in [-0.15, -0.1) is 0 Å². The Hall–Kier alpha value is -1.98. The van der Waals surface area contributed by atoms with Crippen molar-refractivity contribution >= 4 is 11.9 Å². The number of anilines is 1. The Morgan fingerprint density at radius 2 is 2.32 bits per heavy atom. The molecule has 2 heterocycles. The summed E-state index contributed by atoms with van der Waals surface area (Å²) < 4.78 is 5.70. The molecule has 1 aromatic rings. The quantitative estimate of drug-likeness (QED) is 0.857. The maximum Gasteiger partial charge on any atom is 0.407 e. The van der Waals surface area contributed by atoms with Crippen LogP contribution < -0.4 is 10.1 Å². The number of fused-ring (bicyclic) bond motifs is 1. The smallest absolute Gasteiger partial charge is 0.407 e. The molecular formula is C13H19N3O3. The van der Waals surface area contributed by atoms with E-state index in [1.165, 1.54) is 4.90 Å². The van der Waals surface area contributed by atoms with Gasteiger partial charge < -0.3 is 20.1 Å². The summed E-state index contributed by atoms with van der Waals surface area (Å²) in [6, 6.07) is 3.99. The van der Waals surface area contributed by atoms with Gasteiger partial charge in [0.05, 0.1) is 13.1 Å². The van der Waals surface area contributed by atoms with E-state index in [1.54, 1.807) is 0 Å². The molecule has 0 unspecified atom stereocenters. The molecule has 0 saturated heterocycles. The van der Waals surface area contributed by atoms with E-state index in [-0.39, 0.29) is 12.1 Å². The molecule has 0 bridgehead atoms. The van der Waals surface area contributed by atoms with Crippen molar-refractivity contribution in [2.45, 2.75) is 39.5 Å². The van der Waals surface area contributed by atoms with Crippen molar-refractivity contribution in [2.75, 3.05) is 11.9 Å². The van der Waals surface area contributed by atoms with Crippen LogP contribution in [-0.2, 0) is 6.54 Å². The highest BCUT2D eigenvalue weighted by molar-refractivity contribution is 5.65. The van der Waals surface area contributed by atoms with Gasteiger partial charge in [-0.25, -0.2) is 4.79 Å². The second kappa shape index (κ2) is 5.34. The van der Waals surface area contributed by atoms with Crippen LogP contribution in [-0.4, -0.2) is 39.8 Å². The molecular weight excluding hydrogens is 246 g/mol. The molecule has 0 fully saturated rings. The highest BCUT2D eigenvalue weighted by Gasteiger charge is 2.24. The van der Waals surface area contributed by atoms with E-state index in [0.717, 1.165) is 11.4 Å². The van der Waals surface area contributed by atoms with Gasteiger partial charge in [0.1, 0.15) is 11.9 Å². The normalized spacial score (nSPS) is 18.5. The molecule has 0 aromatic carbocycles. The Kier molecular flexibility index (Phi) is 3.78. The zero-order valence-corrected chi connectivity index (χ0v) is 11.4. The molecule has 1 aliphatic rings. The molecule has 1 aliphatic heterocycles. The monoisotopic (exact) mass is 265 g/mol. The minimum atomic E-state index is -0.937. The van der Waals surface area contributed by atoms with Crippen LogP contribution in [0.1, 0.15) is 26.3 Å². The van der Waals surface area contributed by atoms with Gasteiger partial charge in [-0.05, 0) is 32.9 Å². The van der Waals surface area contributed by atoms with Gasteiger partial charge in [-0.2, -0.15) is 4.98 Å². The van der Waals surface area contributed by atoms with Gasteiger partial charge in [-0.1, -0.05) is 0 Å². The number of rotatable bonds is 2. The summed E-state index contributed by atoms with van der Waals surface area (Å²) in [7, 11) is 0. The first-order valence-corrected chi connectivity index (χ1v) is 6.36. The fraction of sp³-hybridized carbons (Fsp3) is 0.538. The van der Waals surface area contributed by atoms with E-state index in [9.17, 15) is 4.79 Å². The van der Waals surface area contributed by atoms with Crippen LogP contribution in [0, 0.1) is 0 Å². The number of nitrogens with zero attached hydrogens (tertiary/aromatic N) is 2. The minimum absolute atomic E-state index is 0.209. The van der Waals surface area contributed by atoms with Crippen molar-refractivity contribution in [3.63, 3.8) is 0 Å². The van der Waals surface area contributed by atoms with Gasteiger partial charge in [-0.3, -0.25) is 0 Å². The van der Waals surface area contributed by atoms with Gasteiger partial charge in [0.25, 0.3) is 0 Å². The first-order chi connectivity index (χ1) is 8.95. The van der Waals surface area contributed by atoms with Crippen LogP contribution in [0.4, 0.5) is 10.6 Å². The molecule has 2 rings (SSSR count). The number of carboxylic acid groups (broad SMARTS) is 1. The number of aromatic nitrogens is 1. The van der Waals surface area contributed by atoms with Gasteiger partial charge in [0, 0.05) is 11.6 Å². The Morgan fingerprint density at radius 3 is 2.95 bits per heavy atom. The second-order valence-electron chi connectivity index (χ2n) is 5.05. The van der Waals surface area contributed by atoms with Gasteiger partial charge >= 0.3 is 6.09 Å². The number of pyridine rings is 1. The molecule has 0 saturated carbocycles. The van der Waals surface area contributed by atoms with E-state index in [1.807, 2.05) is 32.9 Å². The summed E-state index contributed by atoms with van der Waals surface area (Å²) >= 11 is 0. The molecule has 0 aliphatic carbocycles. The Morgan fingerprint density at radius 1 is 1.58 bits per heavy atom. The number of hydrogen-bond donors (Lipinski definition) is 2. The molecule has 0 spiro atoms. The second-order valence-corrected chi connectivity index (χ2v) is 5.05. The third-order valence-electron chi connectivity index (χ3n) is 2.80. The fourth-order valence-corrected chi connectivity index (χ4v) is 2.02. The van der Waals surface area contributed by atoms with Crippen LogP contribution >= 0.6 is 0 Å². The summed E-state index contributed by atoms with van der Waals surface area (Å²) in [6.07, 6.45) is -1.15. The lowest BCUT2D eigenvalue weighted by molar-refractivity contribution is 0.120. The van der Waals surface area contributed by atoms with E-state index in [0.29, 0.717) is 19.0 Å². The average molecular weight is 265 g/mol. The molecule has 0 radical (unpaired) electrons. The number of amides is 1. The lowest BCUT2D eigenvalue weighted by Gasteiger charge is -2.17. The Bertz CT molecular complexity index is 476. The summed E-state index contributed by atoms with van der Waals surface area (Å²) in [5.41, 5.74) is 0.793. The predicted molar refractivity (Wildman–Crippen MR) is 71.5 cm³/mol. The standard InChI is InChI=1S/C13H19N3O3/c1-8(2)14-11-5-4-10-7-16(13(17)18)6-9(3)19-12(10)15-11/h4-5,8-9H,6-7H2,1-3H3,(H,14,15)(H,17,18)/t9-/m0/s1. The summed E-state index contributed by atoms with van der Waals surface area (Å²) in [5.74, 6) is 1.26. The number of ether oxygens (including phenoxy) is 1. The fourth-order valence-electron chi connectivity index (χ4n) is 2.02. The SMILES string of the molecule is CC(C)Nc1ccc2c(n1)O[C@@H](C)CN(C(=O)O)C2. The molecule has 19 heavy (non-hydrogen) atoms. The van der Waals surface area contributed by atoms with Crippen LogP contribution in [0.3, 0.4) is 0 Å². The molecule has 2 N–H and O–H groups in total. The maximum absolute atomic E-state index is 11.1. The molecule has 1 amide bonds. The van der Waals surface area contributed by atoms with Crippen LogP contribution in [0.25, 0.3) is 0 Å². The van der Waals surface area contributed by atoms with Gasteiger partial charge in [0.15, 0.2) is 0 Å². The highest BCUT2D eigenvalue weighted by atomic mass is 16.5. The predicted octanol–water partition coefficient (Wildman–Crippen LogP) is 2.16. The maximum atomic E-state index is 11.1. The van der Waals surface area contributed by atoms with Gasteiger partial charge in [0.2, 0.25) is 5.88 Å². The third-order valence-corrected chi connectivity index (χ3v) is 2.80. The first kappa shape index (κ1) is 13.5. The number of nitrogens with one attached hydrogen (secondary N) is 1. The molecule has 104 valence electrons. The molecule has 1 atom stereocenters. The largest absolute Gasteiger partial charge is 0.472 e. The van der Waals surface area contributed by atoms with E-state index in [2.05, 4.69) is 10.3 Å². The number of carbonyl (C=O) groups is 1. The average Bonchev–Trinajstić information content (AvgIpc) is 2.45. The third kappa shape index (κ3) is 3.27. The minimum Gasteiger partial charge on any atom is -0.472 e. The van der Waals surface area contributed by atoms with Crippen molar-refractivity contribution < 1.29 is 14.6 Å². The lowest BCUT2D eigenvalue weighted by atomic mass is 10.2. The van der Waals surface area contributed by atoms with E-state index < -0.39 is 6.09 Å². The first-order valence-electron chi connectivity index (χ1n) is 6.36. The summed E-state index contributed by atoms with van der Waals surface area (Å²) in [6.45, 7) is 6.56. The zero-order chi connectivity index (χ0) is 14.0. The van der Waals surface area contributed by atoms with Crippen molar-refractivity contribution in [1.29, 1.82) is 0 Å². The van der Waals surface area contributed by atoms with Crippen molar-refractivity contribution in [1.82, 2.24) is 9.88 Å². The lowest BCUT2D eigenvalue weighted by Crippen LogP contribution is -2.34. The topological polar surface area (TPSA) is 74.7 Å². The summed E-state index contributed by atoms with van der Waals surface area (Å²) in [4.78, 5) is 16.9.